The molecule has 0 saturated heterocycles. The smallest absolute Gasteiger partial charge is 0.265 e. The highest BCUT2D eigenvalue weighted by Crippen LogP contribution is 2.31. The molecule has 0 aliphatic carbocycles. The fraction of sp³-hybridized carbons (Fsp3) is 0.136. The molecule has 0 saturated carbocycles. The highest BCUT2D eigenvalue weighted by molar-refractivity contribution is 7.20. The molecule has 0 bridgehead atoms. The van der Waals surface area contributed by atoms with Crippen molar-refractivity contribution in [2.24, 2.45) is 0 Å². The van der Waals surface area contributed by atoms with Gasteiger partial charge in [-0.15, -0.1) is 11.3 Å². The van der Waals surface area contributed by atoms with Crippen molar-refractivity contribution in [1.29, 1.82) is 0 Å². The zero-order valence-electron chi connectivity index (χ0n) is 16.7. The number of rotatable bonds is 5. The Morgan fingerprint density at radius 3 is 2.58 bits per heavy atom. The zero-order chi connectivity index (χ0) is 22.1. The predicted octanol–water partition coefficient (Wildman–Crippen LogP) is 5.46. The van der Waals surface area contributed by atoms with Crippen LogP contribution in [-0.2, 0) is 11.3 Å². The minimum Gasteiger partial charge on any atom is -0.326 e. The van der Waals surface area contributed by atoms with E-state index in [0.29, 0.717) is 27.8 Å². The van der Waals surface area contributed by atoms with Crippen molar-refractivity contribution in [3.8, 4) is 0 Å². The van der Waals surface area contributed by atoms with Gasteiger partial charge < -0.3 is 10.6 Å². The van der Waals surface area contributed by atoms with E-state index in [0.717, 1.165) is 21.5 Å². The van der Waals surface area contributed by atoms with E-state index < -0.39 is 0 Å². The maximum atomic E-state index is 13.2. The van der Waals surface area contributed by atoms with Crippen LogP contribution >= 0.6 is 22.9 Å². The van der Waals surface area contributed by atoms with Crippen LogP contribution in [0.4, 0.5) is 15.8 Å². The Morgan fingerprint density at radius 1 is 1.13 bits per heavy atom. The van der Waals surface area contributed by atoms with Gasteiger partial charge in [-0.25, -0.2) is 4.39 Å². The molecule has 4 aromatic rings. The highest BCUT2D eigenvalue weighted by atomic mass is 35.5. The topological polar surface area (TPSA) is 76.0 Å². The lowest BCUT2D eigenvalue weighted by Crippen LogP contribution is -2.12. The van der Waals surface area contributed by atoms with Crippen LogP contribution in [0.1, 0.15) is 27.9 Å². The van der Waals surface area contributed by atoms with Crippen LogP contribution in [0.15, 0.2) is 48.5 Å². The fourth-order valence-corrected chi connectivity index (χ4v) is 4.40. The van der Waals surface area contributed by atoms with Gasteiger partial charge in [-0.1, -0.05) is 23.7 Å². The van der Waals surface area contributed by atoms with Gasteiger partial charge in [-0.05, 0) is 48.9 Å². The van der Waals surface area contributed by atoms with Crippen LogP contribution in [0.25, 0.3) is 10.2 Å². The number of fused-ring (bicyclic) bond motifs is 1. The molecule has 158 valence electrons. The van der Waals surface area contributed by atoms with Gasteiger partial charge in [0.1, 0.15) is 10.6 Å². The maximum Gasteiger partial charge on any atom is 0.265 e. The Bertz CT molecular complexity index is 1300. The van der Waals surface area contributed by atoms with E-state index in [1.165, 1.54) is 30.4 Å². The molecule has 0 aliphatic heterocycles. The van der Waals surface area contributed by atoms with Crippen LogP contribution in [0.3, 0.4) is 0 Å². The lowest BCUT2D eigenvalue weighted by molar-refractivity contribution is -0.114. The van der Waals surface area contributed by atoms with E-state index in [2.05, 4.69) is 15.7 Å². The summed E-state index contributed by atoms with van der Waals surface area (Å²) in [5.74, 6) is -0.817. The molecule has 31 heavy (non-hydrogen) atoms. The molecule has 2 aromatic heterocycles. The Hall–Kier alpha value is -3.23. The van der Waals surface area contributed by atoms with Crippen LogP contribution in [-0.4, -0.2) is 21.6 Å². The van der Waals surface area contributed by atoms with Crippen molar-refractivity contribution in [2.75, 3.05) is 10.6 Å². The summed E-state index contributed by atoms with van der Waals surface area (Å²) >= 11 is 7.53. The average Bonchev–Trinajstić information content (AvgIpc) is 3.27. The standard InChI is InChI=1S/C22H18ClFN4O2S/c1-12-17-10-20(21(30)26-19-9-16(25-13(2)29)7-8-18(19)23)31-22(17)28(27-12)11-14-3-5-15(24)6-4-14/h3-10H,11H2,1-2H3,(H,25,29)(H,26,30). The molecular formula is C22H18ClFN4O2S. The third-order valence-corrected chi connectivity index (χ3v) is 6.09. The van der Waals surface area contributed by atoms with Crippen molar-refractivity contribution >= 4 is 56.3 Å². The summed E-state index contributed by atoms with van der Waals surface area (Å²) in [6.45, 7) is 3.75. The Morgan fingerprint density at radius 2 is 1.87 bits per heavy atom. The van der Waals surface area contributed by atoms with Crippen molar-refractivity contribution in [2.45, 2.75) is 20.4 Å². The first kappa shape index (κ1) is 21.0. The summed E-state index contributed by atoms with van der Waals surface area (Å²) in [6.07, 6.45) is 0. The number of halogens is 2. The summed E-state index contributed by atoms with van der Waals surface area (Å²) in [4.78, 5) is 25.5. The number of amides is 2. The number of aryl methyl sites for hydroxylation is 1. The molecule has 0 radical (unpaired) electrons. The number of nitrogens with one attached hydrogen (secondary N) is 2. The molecule has 9 heteroatoms. The van der Waals surface area contributed by atoms with Gasteiger partial charge in [0.2, 0.25) is 5.91 Å². The fourth-order valence-electron chi connectivity index (χ4n) is 3.18. The summed E-state index contributed by atoms with van der Waals surface area (Å²) < 4.78 is 15.0. The largest absolute Gasteiger partial charge is 0.326 e. The minimum atomic E-state index is -0.309. The van der Waals surface area contributed by atoms with Gasteiger partial charge >= 0.3 is 0 Å². The van der Waals surface area contributed by atoms with Crippen molar-refractivity contribution in [3.63, 3.8) is 0 Å². The van der Waals surface area contributed by atoms with E-state index in [1.807, 2.05) is 11.6 Å². The summed E-state index contributed by atoms with van der Waals surface area (Å²) in [6, 6.07) is 12.9. The van der Waals surface area contributed by atoms with E-state index in [-0.39, 0.29) is 17.6 Å². The molecule has 0 spiro atoms. The molecule has 2 N–H and O–H groups in total. The number of aromatic nitrogens is 2. The van der Waals surface area contributed by atoms with Gasteiger partial charge in [-0.3, -0.25) is 14.3 Å². The second-order valence-electron chi connectivity index (χ2n) is 7.03. The van der Waals surface area contributed by atoms with Gasteiger partial charge in [-0.2, -0.15) is 5.10 Å². The van der Waals surface area contributed by atoms with E-state index in [9.17, 15) is 14.0 Å². The third kappa shape index (κ3) is 4.60. The molecule has 4 rings (SSSR count). The van der Waals surface area contributed by atoms with Gasteiger partial charge in [0.25, 0.3) is 5.91 Å². The number of thiophene rings is 1. The minimum absolute atomic E-state index is 0.217. The maximum absolute atomic E-state index is 13.2. The number of hydrogen-bond acceptors (Lipinski definition) is 4. The third-order valence-electron chi connectivity index (χ3n) is 4.61. The zero-order valence-corrected chi connectivity index (χ0v) is 18.3. The number of hydrogen-bond donors (Lipinski definition) is 2. The van der Waals surface area contributed by atoms with Gasteiger partial charge in [0.05, 0.1) is 27.8 Å². The van der Waals surface area contributed by atoms with Crippen LogP contribution in [0, 0.1) is 12.7 Å². The predicted molar refractivity (Wildman–Crippen MR) is 122 cm³/mol. The average molecular weight is 457 g/mol. The van der Waals surface area contributed by atoms with Gasteiger partial charge in [0.15, 0.2) is 0 Å². The quantitative estimate of drug-likeness (QED) is 0.419. The van der Waals surface area contributed by atoms with Gasteiger partial charge in [0, 0.05) is 18.0 Å². The second kappa shape index (κ2) is 8.49. The van der Waals surface area contributed by atoms with Crippen LogP contribution < -0.4 is 10.6 Å². The molecule has 2 aromatic carbocycles. The second-order valence-corrected chi connectivity index (χ2v) is 8.47. The molecule has 0 aliphatic rings. The Labute approximate surface area is 186 Å². The SMILES string of the molecule is CC(=O)Nc1ccc(Cl)c(NC(=O)c2cc3c(C)nn(Cc4ccc(F)cc4)c3s2)c1. The lowest BCUT2D eigenvalue weighted by Gasteiger charge is -2.09. The lowest BCUT2D eigenvalue weighted by atomic mass is 10.2. The first-order chi connectivity index (χ1) is 14.8. The molecule has 0 fully saturated rings. The Kier molecular flexibility index (Phi) is 5.75. The molecule has 2 amide bonds. The number of nitrogens with zero attached hydrogens (tertiary/aromatic N) is 2. The van der Waals surface area contributed by atoms with Crippen molar-refractivity contribution in [3.05, 3.63) is 75.5 Å². The molecule has 2 heterocycles. The number of carbonyl (C=O) groups is 2. The summed E-state index contributed by atoms with van der Waals surface area (Å²) in [5.41, 5.74) is 2.65. The molecule has 0 atom stereocenters. The van der Waals surface area contributed by atoms with Crippen molar-refractivity contribution in [1.82, 2.24) is 9.78 Å². The van der Waals surface area contributed by atoms with E-state index >= 15 is 0 Å². The van der Waals surface area contributed by atoms with E-state index in [1.54, 1.807) is 36.4 Å². The van der Waals surface area contributed by atoms with E-state index in [4.69, 9.17) is 11.6 Å². The Balaban J connectivity index is 1.59. The van der Waals surface area contributed by atoms with Crippen LogP contribution in [0.5, 0.6) is 0 Å². The van der Waals surface area contributed by atoms with Crippen molar-refractivity contribution < 1.29 is 14.0 Å². The number of benzene rings is 2. The summed E-state index contributed by atoms with van der Waals surface area (Å²) in [7, 11) is 0. The first-order valence-corrected chi connectivity index (χ1v) is 10.6. The summed E-state index contributed by atoms with van der Waals surface area (Å²) in [5, 5.41) is 11.3. The monoisotopic (exact) mass is 456 g/mol. The first-order valence-electron chi connectivity index (χ1n) is 9.40. The molecule has 0 unspecified atom stereocenters. The number of carbonyl (C=O) groups excluding carboxylic acids is 2. The molecule has 6 nitrogen and oxygen atoms in total. The number of anilines is 2. The highest BCUT2D eigenvalue weighted by Gasteiger charge is 2.18. The van der Waals surface area contributed by atoms with Crippen LogP contribution in [0.2, 0.25) is 5.02 Å². The normalized spacial score (nSPS) is 11.0. The molecular weight excluding hydrogens is 439 g/mol.